The molecule has 4 rings (SSSR count). The summed E-state index contributed by atoms with van der Waals surface area (Å²) in [6.45, 7) is 0. The summed E-state index contributed by atoms with van der Waals surface area (Å²) >= 11 is 0. The van der Waals surface area contributed by atoms with Gasteiger partial charge < -0.3 is 15.7 Å². The van der Waals surface area contributed by atoms with Gasteiger partial charge in [-0.05, 0) is 50.2 Å². The first-order valence-corrected chi connectivity index (χ1v) is 9.74. The lowest BCUT2D eigenvalue weighted by atomic mass is 10.1. The van der Waals surface area contributed by atoms with Crippen molar-refractivity contribution in [3.63, 3.8) is 0 Å². The molecule has 8 heteroatoms. The highest BCUT2D eigenvalue weighted by molar-refractivity contribution is 5.99. The van der Waals surface area contributed by atoms with Crippen LogP contribution in [0.2, 0.25) is 0 Å². The number of aliphatic hydroxyl groups excluding tert-OH is 1. The number of hydrogen-bond donors (Lipinski definition) is 3. The highest BCUT2D eigenvalue weighted by Crippen LogP contribution is 2.33. The number of hydrogen-bond acceptors (Lipinski definition) is 5. The number of aryl methyl sites for hydroxylation is 1. The molecule has 3 atom stereocenters. The molecule has 0 aromatic carbocycles. The Labute approximate surface area is 163 Å². The molecule has 0 spiro atoms. The predicted molar refractivity (Wildman–Crippen MR) is 102 cm³/mol. The van der Waals surface area contributed by atoms with Crippen LogP contribution in [0.25, 0.3) is 11.3 Å². The van der Waals surface area contributed by atoms with Crippen molar-refractivity contribution in [3.8, 4) is 11.3 Å². The van der Waals surface area contributed by atoms with Crippen molar-refractivity contribution >= 4 is 11.8 Å². The fraction of sp³-hybridized carbons (Fsp3) is 0.500. The first-order chi connectivity index (χ1) is 13.5. The third-order valence-corrected chi connectivity index (χ3v) is 5.46. The Bertz CT molecular complexity index is 862. The number of amides is 2. The average Bonchev–Trinajstić information content (AvgIpc) is 3.34. The highest BCUT2D eigenvalue weighted by Gasteiger charge is 2.36. The third-order valence-electron chi connectivity index (χ3n) is 5.46. The summed E-state index contributed by atoms with van der Waals surface area (Å²) in [6.07, 6.45) is 8.26. The van der Waals surface area contributed by atoms with Gasteiger partial charge in [0.15, 0.2) is 0 Å². The zero-order valence-corrected chi connectivity index (χ0v) is 15.8. The topological polar surface area (TPSA) is 109 Å². The zero-order valence-electron chi connectivity index (χ0n) is 15.8. The number of aliphatic hydroxyl groups is 1. The molecule has 2 saturated carbocycles. The van der Waals surface area contributed by atoms with Crippen LogP contribution in [-0.2, 0) is 11.8 Å². The largest absolute Gasteiger partial charge is 0.383 e. The van der Waals surface area contributed by atoms with Gasteiger partial charge in [-0.2, -0.15) is 5.10 Å². The number of nitrogens with zero attached hydrogens (tertiary/aromatic N) is 3. The van der Waals surface area contributed by atoms with E-state index >= 15 is 0 Å². The lowest BCUT2D eigenvalue weighted by Gasteiger charge is -2.17. The van der Waals surface area contributed by atoms with Gasteiger partial charge in [-0.25, -0.2) is 0 Å². The van der Waals surface area contributed by atoms with Gasteiger partial charge in [-0.1, -0.05) is 0 Å². The van der Waals surface area contributed by atoms with Gasteiger partial charge in [0.25, 0.3) is 5.91 Å². The molecule has 0 bridgehead atoms. The van der Waals surface area contributed by atoms with Crippen molar-refractivity contribution in [2.24, 2.45) is 13.0 Å². The lowest BCUT2D eigenvalue weighted by molar-refractivity contribution is -0.131. The molecule has 148 valence electrons. The van der Waals surface area contributed by atoms with Crippen molar-refractivity contribution in [2.45, 2.75) is 50.3 Å². The lowest BCUT2D eigenvalue weighted by Crippen LogP contribution is -2.42. The fourth-order valence-electron chi connectivity index (χ4n) is 3.79. The summed E-state index contributed by atoms with van der Waals surface area (Å²) in [4.78, 5) is 29.0. The fourth-order valence-corrected chi connectivity index (χ4v) is 3.79. The maximum atomic E-state index is 12.8. The molecule has 0 saturated heterocycles. The second kappa shape index (κ2) is 7.71. The normalized spacial score (nSPS) is 22.6. The molecule has 0 radical (unpaired) electrons. The van der Waals surface area contributed by atoms with Gasteiger partial charge in [0, 0.05) is 43.3 Å². The second-order valence-electron chi connectivity index (χ2n) is 7.78. The first kappa shape index (κ1) is 18.6. The van der Waals surface area contributed by atoms with Crippen LogP contribution >= 0.6 is 0 Å². The van der Waals surface area contributed by atoms with Crippen molar-refractivity contribution in [2.75, 3.05) is 0 Å². The van der Waals surface area contributed by atoms with Crippen molar-refractivity contribution in [1.29, 1.82) is 0 Å². The minimum Gasteiger partial charge on any atom is -0.383 e. The molecular formula is C20H25N5O3. The quantitative estimate of drug-likeness (QED) is 0.690. The van der Waals surface area contributed by atoms with E-state index in [1.807, 2.05) is 12.1 Å². The molecule has 0 aliphatic heterocycles. The van der Waals surface area contributed by atoms with Gasteiger partial charge in [0.05, 0.1) is 5.56 Å². The molecule has 2 aromatic rings. The Hall–Kier alpha value is -2.74. The maximum absolute atomic E-state index is 12.8. The minimum absolute atomic E-state index is 0.0158. The first-order valence-electron chi connectivity index (χ1n) is 9.74. The number of rotatable bonds is 6. The van der Waals surface area contributed by atoms with E-state index in [1.165, 1.54) is 0 Å². The van der Waals surface area contributed by atoms with Crippen molar-refractivity contribution in [1.82, 2.24) is 25.4 Å². The van der Waals surface area contributed by atoms with E-state index in [2.05, 4.69) is 20.7 Å². The Morgan fingerprint density at radius 2 is 1.96 bits per heavy atom. The predicted octanol–water partition coefficient (Wildman–Crippen LogP) is 1.02. The Morgan fingerprint density at radius 1 is 1.21 bits per heavy atom. The van der Waals surface area contributed by atoms with E-state index in [1.54, 1.807) is 30.3 Å². The molecule has 3 N–H and O–H groups in total. The molecule has 2 fully saturated rings. The van der Waals surface area contributed by atoms with Crippen LogP contribution in [-0.4, -0.2) is 49.9 Å². The van der Waals surface area contributed by atoms with E-state index in [-0.39, 0.29) is 29.8 Å². The maximum Gasteiger partial charge on any atom is 0.255 e. The van der Waals surface area contributed by atoms with Gasteiger partial charge in [0.2, 0.25) is 5.91 Å². The molecule has 2 aromatic heterocycles. The van der Waals surface area contributed by atoms with Crippen molar-refractivity contribution in [3.05, 3.63) is 36.3 Å². The van der Waals surface area contributed by atoms with E-state index in [0.717, 1.165) is 31.2 Å². The Balaban J connectivity index is 1.36. The van der Waals surface area contributed by atoms with E-state index in [0.29, 0.717) is 17.7 Å². The van der Waals surface area contributed by atoms with Crippen LogP contribution in [0.5, 0.6) is 0 Å². The van der Waals surface area contributed by atoms with Gasteiger partial charge in [-0.3, -0.25) is 19.3 Å². The second-order valence-corrected chi connectivity index (χ2v) is 7.78. The third kappa shape index (κ3) is 4.06. The summed E-state index contributed by atoms with van der Waals surface area (Å²) < 4.78 is 1.62. The van der Waals surface area contributed by atoms with Gasteiger partial charge in [-0.15, -0.1) is 0 Å². The van der Waals surface area contributed by atoms with E-state index < -0.39 is 6.10 Å². The summed E-state index contributed by atoms with van der Waals surface area (Å²) in [6, 6.07) is 3.65. The number of nitrogens with one attached hydrogen (secondary N) is 2. The Morgan fingerprint density at radius 3 is 2.64 bits per heavy atom. The smallest absolute Gasteiger partial charge is 0.255 e. The highest BCUT2D eigenvalue weighted by atomic mass is 16.3. The monoisotopic (exact) mass is 383 g/mol. The summed E-state index contributed by atoms with van der Waals surface area (Å²) in [7, 11) is 1.78. The molecule has 1 unspecified atom stereocenters. The van der Waals surface area contributed by atoms with Crippen molar-refractivity contribution < 1.29 is 14.7 Å². The van der Waals surface area contributed by atoms with Crippen LogP contribution in [0.4, 0.5) is 0 Å². The van der Waals surface area contributed by atoms with Gasteiger partial charge in [0.1, 0.15) is 11.8 Å². The Kier molecular flexibility index (Phi) is 5.13. The average molecular weight is 383 g/mol. The standard InChI is InChI=1S/C20H25N5O3/c1-25-11-16(17(24-25)13-3-2-8-21-10-13)19(27)22-14-6-7-15(9-14)23-20(28)18(26)12-4-5-12/h2-3,8,10-12,14-15,18,26H,4-7,9H2,1H3,(H,22,27)(H,23,28)/t14-,15+,18?/m1/s1. The molecule has 2 heterocycles. The molecule has 2 amide bonds. The van der Waals surface area contributed by atoms with Gasteiger partial charge >= 0.3 is 0 Å². The van der Waals surface area contributed by atoms with E-state index in [4.69, 9.17) is 0 Å². The number of aromatic nitrogens is 3. The zero-order chi connectivity index (χ0) is 19.7. The molecule has 2 aliphatic carbocycles. The number of carbonyl (C=O) groups is 2. The number of carbonyl (C=O) groups excluding carboxylic acids is 2. The summed E-state index contributed by atoms with van der Waals surface area (Å²) in [5, 5.41) is 20.3. The summed E-state index contributed by atoms with van der Waals surface area (Å²) in [5.74, 6) is -0.346. The molecule has 8 nitrogen and oxygen atoms in total. The molecule has 2 aliphatic rings. The minimum atomic E-state index is -0.897. The van der Waals surface area contributed by atoms with Crippen LogP contribution in [0.3, 0.4) is 0 Å². The van der Waals surface area contributed by atoms with Crippen LogP contribution in [0.15, 0.2) is 30.7 Å². The van der Waals surface area contributed by atoms with E-state index in [9.17, 15) is 14.7 Å². The molecular weight excluding hydrogens is 358 g/mol. The van der Waals surface area contributed by atoms with Crippen LogP contribution < -0.4 is 10.6 Å². The molecule has 28 heavy (non-hydrogen) atoms. The van der Waals surface area contributed by atoms with Crippen LogP contribution in [0, 0.1) is 5.92 Å². The SMILES string of the molecule is Cn1cc(C(=O)N[C@@H]2CC[C@H](NC(=O)C(O)C3CC3)C2)c(-c2cccnc2)n1. The number of pyridine rings is 1. The summed E-state index contributed by atoms with van der Waals surface area (Å²) in [5.41, 5.74) is 1.90. The van der Waals surface area contributed by atoms with Crippen LogP contribution in [0.1, 0.15) is 42.5 Å².